The summed E-state index contributed by atoms with van der Waals surface area (Å²) in [6.07, 6.45) is 0.291. The average molecular weight is 580 g/mol. The monoisotopic (exact) mass is 579 g/mol. The molecule has 1 heterocycles. The van der Waals surface area contributed by atoms with Crippen LogP contribution >= 0.6 is 0 Å². The number of hydrogen-bond acceptors (Lipinski definition) is 10. The smallest absolute Gasteiger partial charge is 0.336 e. The molecule has 0 saturated carbocycles. The molecule has 0 unspecified atom stereocenters. The SMILES string of the molecule is CCOC(=O)C1=C(C)NC2=C(C(=O)[C@@H](C(=O)OCC)[C@@H](c3ccccc3OC)C2)[C@@H]1c1cc(OC)c(OC)c(OC)c1. The van der Waals surface area contributed by atoms with Gasteiger partial charge in [-0.3, -0.25) is 9.59 Å². The van der Waals surface area contributed by atoms with Gasteiger partial charge in [-0.25, -0.2) is 4.79 Å². The van der Waals surface area contributed by atoms with Gasteiger partial charge in [-0.2, -0.15) is 0 Å². The molecule has 4 rings (SSSR count). The maximum Gasteiger partial charge on any atom is 0.336 e. The molecule has 1 N–H and O–H groups in total. The molecule has 0 bridgehead atoms. The second-order valence-electron chi connectivity index (χ2n) is 9.81. The first-order valence-corrected chi connectivity index (χ1v) is 13.8. The van der Waals surface area contributed by atoms with Crippen LogP contribution in [-0.4, -0.2) is 59.4 Å². The van der Waals surface area contributed by atoms with E-state index in [1.54, 1.807) is 46.1 Å². The maximum atomic E-state index is 14.6. The summed E-state index contributed by atoms with van der Waals surface area (Å²) in [5.74, 6) is -2.69. The van der Waals surface area contributed by atoms with Gasteiger partial charge in [0.05, 0.1) is 47.2 Å². The van der Waals surface area contributed by atoms with Gasteiger partial charge in [-0.15, -0.1) is 0 Å². The predicted octanol–water partition coefficient (Wildman–Crippen LogP) is 4.43. The fourth-order valence-corrected chi connectivity index (χ4v) is 5.88. The maximum absolute atomic E-state index is 14.6. The van der Waals surface area contributed by atoms with Crippen molar-refractivity contribution in [2.45, 2.75) is 39.0 Å². The van der Waals surface area contributed by atoms with Gasteiger partial charge in [0.15, 0.2) is 17.3 Å². The number of esters is 2. The van der Waals surface area contributed by atoms with Crippen LogP contribution in [0.25, 0.3) is 0 Å². The molecule has 42 heavy (non-hydrogen) atoms. The van der Waals surface area contributed by atoms with Crippen LogP contribution in [0.5, 0.6) is 23.0 Å². The van der Waals surface area contributed by atoms with Gasteiger partial charge >= 0.3 is 11.9 Å². The third-order valence-corrected chi connectivity index (χ3v) is 7.61. The Hall–Kier alpha value is -4.47. The minimum atomic E-state index is -1.17. The van der Waals surface area contributed by atoms with E-state index in [4.69, 9.17) is 28.4 Å². The molecule has 3 atom stereocenters. The van der Waals surface area contributed by atoms with Gasteiger partial charge in [0.2, 0.25) is 5.75 Å². The summed E-state index contributed by atoms with van der Waals surface area (Å²) in [6.45, 7) is 5.41. The second-order valence-corrected chi connectivity index (χ2v) is 9.81. The molecule has 10 nitrogen and oxygen atoms in total. The number of benzene rings is 2. The number of nitrogens with one attached hydrogen (secondary N) is 1. The molecule has 0 aromatic heterocycles. The van der Waals surface area contributed by atoms with E-state index in [-0.39, 0.29) is 24.4 Å². The molecule has 224 valence electrons. The standard InChI is InChI=1S/C32H37NO9/c1-8-41-31(35)25-17(3)33-21-16-20(19-12-10-11-13-22(19)37-4)27(32(36)42-9-2)29(34)28(21)26(25)18-14-23(38-5)30(40-7)24(15-18)39-6/h10-15,20,26-27,33H,8-9,16H2,1-7H3/t20-,26-,27+/m1/s1. The lowest BCUT2D eigenvalue weighted by atomic mass is 9.67. The zero-order valence-electron chi connectivity index (χ0n) is 25.0. The molecule has 1 aliphatic heterocycles. The number of para-hydroxylation sites is 1. The Bertz CT molecular complexity index is 1420. The third kappa shape index (κ3) is 5.41. The Morgan fingerprint density at radius 2 is 1.50 bits per heavy atom. The summed E-state index contributed by atoms with van der Waals surface area (Å²) in [4.78, 5) is 41.5. The van der Waals surface area contributed by atoms with Crippen LogP contribution in [0.3, 0.4) is 0 Å². The molecule has 1 aliphatic carbocycles. The van der Waals surface area contributed by atoms with E-state index < -0.39 is 35.5 Å². The van der Waals surface area contributed by atoms with Crippen molar-refractivity contribution >= 4 is 17.7 Å². The summed E-state index contributed by atoms with van der Waals surface area (Å²) < 4.78 is 33.2. The summed E-state index contributed by atoms with van der Waals surface area (Å²) >= 11 is 0. The number of methoxy groups -OCH3 is 4. The quantitative estimate of drug-likeness (QED) is 0.320. The van der Waals surface area contributed by atoms with Crippen LogP contribution in [0.15, 0.2) is 58.9 Å². The molecule has 0 radical (unpaired) electrons. The Morgan fingerprint density at radius 1 is 0.881 bits per heavy atom. The number of ketones is 1. The van der Waals surface area contributed by atoms with Crippen LogP contribution in [0.1, 0.15) is 50.2 Å². The summed E-state index contributed by atoms with van der Waals surface area (Å²) in [7, 11) is 6.02. The van der Waals surface area contributed by atoms with Crippen molar-refractivity contribution in [3.63, 3.8) is 0 Å². The van der Waals surface area contributed by atoms with Crippen LogP contribution in [-0.2, 0) is 23.9 Å². The number of hydrogen-bond donors (Lipinski definition) is 1. The van der Waals surface area contributed by atoms with Crippen molar-refractivity contribution in [3.8, 4) is 23.0 Å². The largest absolute Gasteiger partial charge is 0.496 e. The van der Waals surface area contributed by atoms with Crippen molar-refractivity contribution in [3.05, 3.63) is 70.1 Å². The van der Waals surface area contributed by atoms with Crippen molar-refractivity contribution in [2.24, 2.45) is 5.92 Å². The van der Waals surface area contributed by atoms with Crippen LogP contribution in [0.4, 0.5) is 0 Å². The first-order valence-electron chi connectivity index (χ1n) is 13.8. The van der Waals surface area contributed by atoms with E-state index in [1.165, 1.54) is 21.3 Å². The number of ether oxygens (including phenoxy) is 6. The van der Waals surface area contributed by atoms with Crippen LogP contribution in [0.2, 0.25) is 0 Å². The summed E-state index contributed by atoms with van der Waals surface area (Å²) in [6, 6.07) is 10.7. The Balaban J connectivity index is 1.99. The minimum Gasteiger partial charge on any atom is -0.496 e. The highest BCUT2D eigenvalue weighted by molar-refractivity contribution is 6.13. The van der Waals surface area contributed by atoms with E-state index in [0.717, 1.165) is 0 Å². The van der Waals surface area contributed by atoms with Crippen molar-refractivity contribution in [1.29, 1.82) is 0 Å². The highest BCUT2D eigenvalue weighted by Crippen LogP contribution is 2.51. The molecule has 0 saturated heterocycles. The number of carbonyl (C=O) groups is 3. The van der Waals surface area contributed by atoms with Crippen LogP contribution < -0.4 is 24.3 Å². The molecule has 2 aromatic carbocycles. The fourth-order valence-electron chi connectivity index (χ4n) is 5.88. The van der Waals surface area contributed by atoms with E-state index in [0.29, 0.717) is 51.9 Å². The number of dihydropyridines is 1. The lowest BCUT2D eigenvalue weighted by molar-refractivity contribution is -0.152. The molecule has 0 fully saturated rings. The van der Waals surface area contributed by atoms with Gasteiger partial charge in [0.25, 0.3) is 0 Å². The molecule has 2 aliphatic rings. The van der Waals surface area contributed by atoms with E-state index in [2.05, 4.69) is 5.32 Å². The average Bonchev–Trinajstić information content (AvgIpc) is 2.99. The summed E-state index contributed by atoms with van der Waals surface area (Å²) in [5, 5.41) is 3.30. The van der Waals surface area contributed by atoms with Crippen LogP contribution in [0, 0.1) is 5.92 Å². The first kappa shape index (κ1) is 30.5. The lowest BCUT2D eigenvalue weighted by Gasteiger charge is -2.39. The molecule has 0 spiro atoms. The summed E-state index contributed by atoms with van der Waals surface area (Å²) in [5.41, 5.74) is 2.90. The Labute approximate surface area is 245 Å². The van der Waals surface area contributed by atoms with Gasteiger partial charge in [-0.05, 0) is 56.5 Å². The van der Waals surface area contributed by atoms with Gasteiger partial charge in [-0.1, -0.05) is 18.2 Å². The minimum absolute atomic E-state index is 0.106. The first-order chi connectivity index (χ1) is 20.3. The number of carbonyl (C=O) groups excluding carboxylic acids is 3. The van der Waals surface area contributed by atoms with Crippen molar-refractivity contribution in [2.75, 3.05) is 41.7 Å². The topological polar surface area (TPSA) is 119 Å². The van der Waals surface area contributed by atoms with E-state index in [9.17, 15) is 14.4 Å². The van der Waals surface area contributed by atoms with Crippen molar-refractivity contribution in [1.82, 2.24) is 5.32 Å². The predicted molar refractivity (Wildman–Crippen MR) is 154 cm³/mol. The lowest BCUT2D eigenvalue weighted by Crippen LogP contribution is -2.43. The Kier molecular flexibility index (Phi) is 9.45. The van der Waals surface area contributed by atoms with E-state index >= 15 is 0 Å². The van der Waals surface area contributed by atoms with Gasteiger partial charge in [0, 0.05) is 28.8 Å². The zero-order chi connectivity index (χ0) is 30.6. The van der Waals surface area contributed by atoms with Gasteiger partial charge in [0.1, 0.15) is 11.7 Å². The zero-order valence-corrected chi connectivity index (χ0v) is 25.0. The number of rotatable bonds is 10. The third-order valence-electron chi connectivity index (χ3n) is 7.61. The van der Waals surface area contributed by atoms with E-state index in [1.807, 2.05) is 18.2 Å². The number of allylic oxidation sites excluding steroid dienone is 3. The normalized spacial score (nSPS) is 19.9. The Morgan fingerprint density at radius 3 is 2.07 bits per heavy atom. The fraction of sp³-hybridized carbons (Fsp3) is 0.406. The molecule has 2 aromatic rings. The molecule has 0 amide bonds. The number of Topliss-reactive ketones (excluding diaryl/α,β-unsaturated/α-hetero) is 1. The second kappa shape index (κ2) is 13.0. The molecule has 10 heteroatoms. The van der Waals surface area contributed by atoms with Gasteiger partial charge < -0.3 is 33.7 Å². The highest BCUT2D eigenvalue weighted by Gasteiger charge is 2.50. The van der Waals surface area contributed by atoms with Crippen molar-refractivity contribution < 1.29 is 42.8 Å². The highest BCUT2D eigenvalue weighted by atomic mass is 16.5. The molecular weight excluding hydrogens is 542 g/mol. The molecular formula is C32H37NO9.